The molecule has 1 fully saturated rings. The summed E-state index contributed by atoms with van der Waals surface area (Å²) < 4.78 is 26.7. The van der Waals surface area contributed by atoms with E-state index in [0.29, 0.717) is 12.8 Å². The quantitative estimate of drug-likeness (QED) is 0.864. The van der Waals surface area contributed by atoms with Crippen molar-refractivity contribution in [2.75, 3.05) is 11.9 Å². The molecular weight excluding hydrogens is 258 g/mol. The lowest BCUT2D eigenvalue weighted by Gasteiger charge is -2.22. The summed E-state index contributed by atoms with van der Waals surface area (Å²) in [6.07, 6.45) is 0.882. The lowest BCUT2D eigenvalue weighted by Crippen LogP contribution is -2.43. The molecule has 0 radical (unpaired) electrons. The molecule has 0 unspecified atom stereocenters. The lowest BCUT2D eigenvalue weighted by molar-refractivity contribution is -0.141. The van der Waals surface area contributed by atoms with Crippen molar-refractivity contribution in [3.63, 3.8) is 0 Å². The van der Waals surface area contributed by atoms with Crippen molar-refractivity contribution in [2.45, 2.75) is 18.9 Å². The number of benzene rings is 1. The van der Waals surface area contributed by atoms with Crippen LogP contribution in [0.3, 0.4) is 0 Å². The van der Waals surface area contributed by atoms with E-state index >= 15 is 0 Å². The number of hydrogen-bond donors (Lipinski definition) is 2. The van der Waals surface area contributed by atoms with E-state index in [1.165, 1.54) is 6.07 Å². The minimum Gasteiger partial charge on any atom is -0.480 e. The summed E-state index contributed by atoms with van der Waals surface area (Å²) in [5.74, 6) is -2.93. The smallest absolute Gasteiger partial charge is 0.326 e. The van der Waals surface area contributed by atoms with E-state index in [1.807, 2.05) is 0 Å². The number of hydrogen-bond acceptors (Lipinski definition) is 2. The molecule has 5 nitrogen and oxygen atoms in total. The van der Waals surface area contributed by atoms with E-state index in [1.54, 1.807) is 0 Å². The van der Waals surface area contributed by atoms with Crippen LogP contribution < -0.4 is 5.32 Å². The minimum atomic E-state index is -1.12. The van der Waals surface area contributed by atoms with Gasteiger partial charge in [-0.15, -0.1) is 0 Å². The van der Waals surface area contributed by atoms with Gasteiger partial charge in [0, 0.05) is 6.54 Å². The second kappa shape index (κ2) is 5.21. The van der Waals surface area contributed by atoms with Gasteiger partial charge in [0.15, 0.2) is 0 Å². The highest BCUT2D eigenvalue weighted by Crippen LogP contribution is 2.22. The molecule has 1 aliphatic heterocycles. The number of rotatable bonds is 2. The number of carbonyl (C=O) groups excluding carboxylic acids is 1. The predicted octanol–water partition coefficient (Wildman–Crippen LogP) is 2.05. The summed E-state index contributed by atoms with van der Waals surface area (Å²) in [5, 5.41) is 11.0. The number of halogens is 2. The van der Waals surface area contributed by atoms with Crippen molar-refractivity contribution < 1.29 is 23.5 Å². The first kappa shape index (κ1) is 13.3. The molecule has 0 saturated carbocycles. The van der Waals surface area contributed by atoms with Gasteiger partial charge in [-0.1, -0.05) is 6.07 Å². The standard InChI is InChI=1S/C12H12F2N2O3/c13-7-3-1-4-8(14)10(7)15-12(19)16-6-2-5-9(16)11(17)18/h1,3-4,9H,2,5-6H2,(H,15,19)(H,17,18)/t9-/m0/s1. The highest BCUT2D eigenvalue weighted by Gasteiger charge is 2.34. The number of aliphatic carboxylic acids is 1. The fourth-order valence-electron chi connectivity index (χ4n) is 2.06. The average molecular weight is 270 g/mol. The number of nitrogens with zero attached hydrogens (tertiary/aromatic N) is 1. The van der Waals surface area contributed by atoms with Crippen LogP contribution in [0.2, 0.25) is 0 Å². The monoisotopic (exact) mass is 270 g/mol. The van der Waals surface area contributed by atoms with Crippen molar-refractivity contribution in [1.82, 2.24) is 4.90 Å². The Morgan fingerprint density at radius 1 is 1.32 bits per heavy atom. The molecule has 1 aromatic carbocycles. The fraction of sp³-hybridized carbons (Fsp3) is 0.333. The van der Waals surface area contributed by atoms with Gasteiger partial charge in [0.2, 0.25) is 0 Å². The van der Waals surface area contributed by atoms with Crippen molar-refractivity contribution in [3.05, 3.63) is 29.8 Å². The van der Waals surface area contributed by atoms with Crippen molar-refractivity contribution >= 4 is 17.7 Å². The Morgan fingerprint density at radius 2 is 1.95 bits per heavy atom. The van der Waals surface area contributed by atoms with Crippen LogP contribution in [-0.2, 0) is 4.79 Å². The van der Waals surface area contributed by atoms with Crippen molar-refractivity contribution in [1.29, 1.82) is 0 Å². The third-order valence-electron chi connectivity index (χ3n) is 2.99. The number of para-hydroxylation sites is 1. The number of nitrogens with one attached hydrogen (secondary N) is 1. The molecule has 7 heteroatoms. The minimum absolute atomic E-state index is 0.249. The van der Waals surface area contributed by atoms with E-state index in [0.717, 1.165) is 17.0 Å². The summed E-state index contributed by atoms with van der Waals surface area (Å²) in [6.45, 7) is 0.249. The van der Waals surface area contributed by atoms with Crippen molar-refractivity contribution in [2.24, 2.45) is 0 Å². The Balaban J connectivity index is 2.15. The number of amides is 2. The Kier molecular flexibility index (Phi) is 3.64. The molecule has 0 aromatic heterocycles. The first-order chi connectivity index (χ1) is 9.00. The predicted molar refractivity (Wildman–Crippen MR) is 62.7 cm³/mol. The molecule has 2 amide bonds. The highest BCUT2D eigenvalue weighted by atomic mass is 19.1. The first-order valence-corrected chi connectivity index (χ1v) is 5.75. The van der Waals surface area contributed by atoms with Gasteiger partial charge in [0.25, 0.3) is 0 Å². The van der Waals surface area contributed by atoms with Crippen LogP contribution in [0.15, 0.2) is 18.2 Å². The van der Waals surface area contributed by atoms with E-state index < -0.39 is 35.4 Å². The topological polar surface area (TPSA) is 69.6 Å². The van der Waals surface area contributed by atoms with Gasteiger partial charge in [0.05, 0.1) is 0 Å². The first-order valence-electron chi connectivity index (χ1n) is 5.75. The Morgan fingerprint density at radius 3 is 2.53 bits per heavy atom. The molecule has 0 bridgehead atoms. The van der Waals surface area contributed by atoms with Gasteiger partial charge in [-0.3, -0.25) is 0 Å². The van der Waals surface area contributed by atoms with Crippen LogP contribution in [-0.4, -0.2) is 34.6 Å². The van der Waals surface area contributed by atoms with Crippen LogP contribution in [0.4, 0.5) is 19.3 Å². The maximum atomic E-state index is 13.4. The molecule has 0 aliphatic carbocycles. The number of urea groups is 1. The third-order valence-corrected chi connectivity index (χ3v) is 2.99. The van der Waals surface area contributed by atoms with E-state index in [9.17, 15) is 18.4 Å². The zero-order chi connectivity index (χ0) is 14.0. The molecule has 1 aliphatic rings. The van der Waals surface area contributed by atoms with Crippen molar-refractivity contribution in [3.8, 4) is 0 Å². The summed E-state index contributed by atoms with van der Waals surface area (Å²) >= 11 is 0. The SMILES string of the molecule is O=C(O)[C@@H]1CCCN1C(=O)Nc1c(F)cccc1F. The van der Waals surface area contributed by atoms with Crippen LogP contribution in [0, 0.1) is 11.6 Å². The number of likely N-dealkylation sites (tertiary alicyclic amines) is 1. The molecule has 102 valence electrons. The summed E-state index contributed by atoms with van der Waals surface area (Å²) in [5.41, 5.74) is -0.566. The van der Waals surface area contributed by atoms with Gasteiger partial charge in [-0.25, -0.2) is 18.4 Å². The second-order valence-electron chi connectivity index (χ2n) is 4.22. The Labute approximate surface area is 107 Å². The van der Waals surface area contributed by atoms with E-state index in [-0.39, 0.29) is 6.54 Å². The van der Waals surface area contributed by atoms with Gasteiger partial charge in [-0.05, 0) is 25.0 Å². The van der Waals surface area contributed by atoms with Gasteiger partial charge in [0.1, 0.15) is 23.4 Å². The maximum Gasteiger partial charge on any atom is 0.326 e. The molecule has 1 saturated heterocycles. The largest absolute Gasteiger partial charge is 0.480 e. The summed E-state index contributed by atoms with van der Waals surface area (Å²) in [7, 11) is 0. The van der Waals surface area contributed by atoms with E-state index in [4.69, 9.17) is 5.11 Å². The Bertz CT molecular complexity index is 501. The average Bonchev–Trinajstić information content (AvgIpc) is 2.83. The molecule has 19 heavy (non-hydrogen) atoms. The van der Waals surface area contributed by atoms with Gasteiger partial charge >= 0.3 is 12.0 Å². The normalized spacial score (nSPS) is 18.4. The zero-order valence-corrected chi connectivity index (χ0v) is 9.90. The fourth-order valence-corrected chi connectivity index (χ4v) is 2.06. The Hall–Kier alpha value is -2.18. The van der Waals surface area contributed by atoms with Gasteiger partial charge in [-0.2, -0.15) is 0 Å². The maximum absolute atomic E-state index is 13.4. The molecule has 2 rings (SSSR count). The lowest BCUT2D eigenvalue weighted by atomic mass is 10.2. The number of carboxylic acids is 1. The van der Waals surface area contributed by atoms with Crippen LogP contribution in [0.25, 0.3) is 0 Å². The van der Waals surface area contributed by atoms with E-state index in [2.05, 4.69) is 5.32 Å². The molecule has 1 atom stereocenters. The molecule has 1 heterocycles. The van der Waals surface area contributed by atoms with Crippen LogP contribution in [0.5, 0.6) is 0 Å². The van der Waals surface area contributed by atoms with Gasteiger partial charge < -0.3 is 15.3 Å². The zero-order valence-electron chi connectivity index (χ0n) is 9.90. The molecule has 1 aromatic rings. The summed E-state index contributed by atoms with van der Waals surface area (Å²) in [6, 6.07) is 1.44. The molecular formula is C12H12F2N2O3. The second-order valence-corrected chi connectivity index (χ2v) is 4.22. The van der Waals surface area contributed by atoms with Crippen LogP contribution in [0.1, 0.15) is 12.8 Å². The summed E-state index contributed by atoms with van der Waals surface area (Å²) in [4.78, 5) is 23.8. The highest BCUT2D eigenvalue weighted by molar-refractivity contribution is 5.92. The van der Waals surface area contributed by atoms with Crippen LogP contribution >= 0.6 is 0 Å². The number of anilines is 1. The third kappa shape index (κ3) is 2.64. The number of carboxylic acid groups (broad SMARTS) is 1. The molecule has 2 N–H and O–H groups in total. The number of carbonyl (C=O) groups is 2. The molecule has 0 spiro atoms.